The lowest BCUT2D eigenvalue weighted by Gasteiger charge is -2.03. The third-order valence-electron chi connectivity index (χ3n) is 2.12. The summed E-state index contributed by atoms with van der Waals surface area (Å²) in [7, 11) is 1.49. The molecule has 0 bridgehead atoms. The number of nitrogens with zero attached hydrogens (tertiary/aromatic N) is 3. The van der Waals surface area contributed by atoms with Crippen LogP contribution in [0.1, 0.15) is 5.56 Å². The van der Waals surface area contributed by atoms with E-state index in [1.54, 1.807) is 0 Å². The number of methoxy groups -OCH3 is 1. The maximum Gasteiger partial charge on any atom is 0.321 e. The minimum atomic E-state index is 0. The average Bonchev–Trinajstić information content (AvgIpc) is 2.29. The molecule has 0 spiro atoms. The highest BCUT2D eigenvalue weighted by atomic mass is 35.5. The molecule has 0 atom stereocenters. The number of aryl methyl sites for hydroxylation is 1. The SMILES string of the molecule is COc1nc(N)nc(-c2ccc(C)cc2)n1.Cl. The van der Waals surface area contributed by atoms with E-state index in [0.717, 1.165) is 5.56 Å². The van der Waals surface area contributed by atoms with Gasteiger partial charge in [0.1, 0.15) is 0 Å². The van der Waals surface area contributed by atoms with E-state index in [1.165, 1.54) is 12.7 Å². The van der Waals surface area contributed by atoms with Gasteiger partial charge in [-0.3, -0.25) is 0 Å². The van der Waals surface area contributed by atoms with Crippen LogP contribution in [0.5, 0.6) is 6.01 Å². The van der Waals surface area contributed by atoms with Crippen LogP contribution in [0.4, 0.5) is 5.95 Å². The predicted octanol–water partition coefficient (Wildman–Crippen LogP) is 1.86. The van der Waals surface area contributed by atoms with Gasteiger partial charge in [0.2, 0.25) is 5.95 Å². The van der Waals surface area contributed by atoms with Gasteiger partial charge in [0.15, 0.2) is 5.82 Å². The van der Waals surface area contributed by atoms with Crippen LogP contribution >= 0.6 is 12.4 Å². The van der Waals surface area contributed by atoms with Gasteiger partial charge in [0.25, 0.3) is 0 Å². The Hall–Kier alpha value is -1.88. The minimum Gasteiger partial charge on any atom is -0.467 e. The van der Waals surface area contributed by atoms with E-state index >= 15 is 0 Å². The maximum absolute atomic E-state index is 5.56. The van der Waals surface area contributed by atoms with Gasteiger partial charge in [-0.15, -0.1) is 12.4 Å². The lowest BCUT2D eigenvalue weighted by atomic mass is 10.1. The van der Waals surface area contributed by atoms with Gasteiger partial charge in [-0.2, -0.15) is 15.0 Å². The fourth-order valence-electron chi connectivity index (χ4n) is 1.30. The summed E-state index contributed by atoms with van der Waals surface area (Å²) in [5, 5.41) is 0. The second kappa shape index (κ2) is 5.45. The number of nitrogen functional groups attached to an aromatic ring is 1. The number of benzene rings is 1. The van der Waals surface area contributed by atoms with Crippen molar-refractivity contribution in [3.8, 4) is 17.4 Å². The summed E-state index contributed by atoms with van der Waals surface area (Å²) in [5.41, 5.74) is 7.63. The summed E-state index contributed by atoms with van der Waals surface area (Å²) < 4.78 is 4.94. The van der Waals surface area contributed by atoms with Crippen LogP contribution in [-0.2, 0) is 0 Å². The lowest BCUT2D eigenvalue weighted by molar-refractivity contribution is 0.379. The first-order valence-electron chi connectivity index (χ1n) is 4.81. The molecule has 90 valence electrons. The zero-order chi connectivity index (χ0) is 11.5. The fraction of sp³-hybridized carbons (Fsp3) is 0.182. The van der Waals surface area contributed by atoms with E-state index in [1.807, 2.05) is 31.2 Å². The standard InChI is InChI=1S/C11H12N4O.ClH/c1-7-3-5-8(6-4-7)9-13-10(12)15-11(14-9)16-2;/h3-6H,1-2H3,(H2,12,13,14,15);1H. The molecule has 0 fully saturated rings. The molecule has 0 aliphatic heterocycles. The fourth-order valence-corrected chi connectivity index (χ4v) is 1.30. The highest BCUT2D eigenvalue weighted by Gasteiger charge is 2.06. The van der Waals surface area contributed by atoms with Crippen LogP contribution in [0.15, 0.2) is 24.3 Å². The van der Waals surface area contributed by atoms with Gasteiger partial charge >= 0.3 is 6.01 Å². The molecule has 0 unspecified atom stereocenters. The number of halogens is 1. The zero-order valence-electron chi connectivity index (χ0n) is 9.54. The minimum absolute atomic E-state index is 0. The van der Waals surface area contributed by atoms with Gasteiger partial charge < -0.3 is 10.5 Å². The van der Waals surface area contributed by atoms with Crippen molar-refractivity contribution in [3.63, 3.8) is 0 Å². The Labute approximate surface area is 105 Å². The Morgan fingerprint density at radius 1 is 1.06 bits per heavy atom. The molecule has 2 rings (SSSR count). The van der Waals surface area contributed by atoms with Crippen molar-refractivity contribution in [2.45, 2.75) is 6.92 Å². The van der Waals surface area contributed by atoms with Crippen molar-refractivity contribution >= 4 is 18.4 Å². The third-order valence-corrected chi connectivity index (χ3v) is 2.12. The van der Waals surface area contributed by atoms with Crippen molar-refractivity contribution in [2.75, 3.05) is 12.8 Å². The van der Waals surface area contributed by atoms with Crippen molar-refractivity contribution in [2.24, 2.45) is 0 Å². The van der Waals surface area contributed by atoms with E-state index in [-0.39, 0.29) is 24.4 Å². The molecule has 0 radical (unpaired) electrons. The van der Waals surface area contributed by atoms with Crippen molar-refractivity contribution in [3.05, 3.63) is 29.8 Å². The molecule has 0 aliphatic rings. The van der Waals surface area contributed by atoms with Crippen molar-refractivity contribution in [1.82, 2.24) is 15.0 Å². The second-order valence-electron chi connectivity index (χ2n) is 3.37. The summed E-state index contributed by atoms with van der Waals surface area (Å²) in [6.07, 6.45) is 0. The molecular formula is C11H13ClN4O. The maximum atomic E-state index is 5.56. The largest absolute Gasteiger partial charge is 0.467 e. The number of anilines is 1. The van der Waals surface area contributed by atoms with Crippen LogP contribution in [0.3, 0.4) is 0 Å². The number of rotatable bonds is 2. The van der Waals surface area contributed by atoms with Gasteiger partial charge in [-0.05, 0) is 6.92 Å². The van der Waals surface area contributed by atoms with E-state index in [2.05, 4.69) is 15.0 Å². The Balaban J connectivity index is 0.00000144. The monoisotopic (exact) mass is 252 g/mol. The molecule has 0 aliphatic carbocycles. The molecule has 5 nitrogen and oxygen atoms in total. The Kier molecular flexibility index (Phi) is 4.23. The second-order valence-corrected chi connectivity index (χ2v) is 3.37. The van der Waals surface area contributed by atoms with E-state index in [4.69, 9.17) is 10.5 Å². The molecule has 2 aromatic rings. The average molecular weight is 253 g/mol. The van der Waals surface area contributed by atoms with Crippen molar-refractivity contribution < 1.29 is 4.74 Å². The summed E-state index contributed by atoms with van der Waals surface area (Å²) in [6, 6.07) is 8.07. The molecule has 0 saturated heterocycles. The summed E-state index contributed by atoms with van der Waals surface area (Å²) in [5.74, 6) is 0.673. The number of aromatic nitrogens is 3. The smallest absolute Gasteiger partial charge is 0.321 e. The summed E-state index contributed by atoms with van der Waals surface area (Å²) >= 11 is 0. The molecule has 0 amide bonds. The highest BCUT2D eigenvalue weighted by Crippen LogP contribution is 2.17. The van der Waals surface area contributed by atoms with Gasteiger partial charge in [-0.25, -0.2) is 0 Å². The van der Waals surface area contributed by atoms with E-state index in [9.17, 15) is 0 Å². The number of ether oxygens (including phenoxy) is 1. The third kappa shape index (κ3) is 3.04. The van der Waals surface area contributed by atoms with Crippen LogP contribution in [0.2, 0.25) is 0 Å². The summed E-state index contributed by atoms with van der Waals surface area (Å²) in [6.45, 7) is 2.02. The Morgan fingerprint density at radius 2 is 1.71 bits per heavy atom. The molecule has 17 heavy (non-hydrogen) atoms. The number of nitrogens with two attached hydrogens (primary N) is 1. The predicted molar refractivity (Wildman–Crippen MR) is 68.2 cm³/mol. The highest BCUT2D eigenvalue weighted by molar-refractivity contribution is 5.85. The van der Waals surface area contributed by atoms with Gasteiger partial charge in [-0.1, -0.05) is 29.8 Å². The summed E-state index contributed by atoms with van der Waals surface area (Å²) in [4.78, 5) is 12.0. The van der Waals surface area contributed by atoms with Crippen LogP contribution in [0, 0.1) is 6.92 Å². The number of hydrogen-bond acceptors (Lipinski definition) is 5. The molecule has 1 aromatic carbocycles. The Bertz CT molecular complexity index is 501. The molecular weight excluding hydrogens is 240 g/mol. The molecule has 1 heterocycles. The Morgan fingerprint density at radius 3 is 2.29 bits per heavy atom. The van der Waals surface area contributed by atoms with Crippen molar-refractivity contribution in [1.29, 1.82) is 0 Å². The lowest BCUT2D eigenvalue weighted by Crippen LogP contribution is -2.02. The first kappa shape index (κ1) is 13.2. The van der Waals surface area contributed by atoms with E-state index < -0.39 is 0 Å². The molecule has 1 aromatic heterocycles. The first-order chi connectivity index (χ1) is 7.69. The van der Waals surface area contributed by atoms with Crippen LogP contribution in [0.25, 0.3) is 11.4 Å². The molecule has 6 heteroatoms. The number of hydrogen-bond donors (Lipinski definition) is 1. The van der Waals surface area contributed by atoms with E-state index in [0.29, 0.717) is 5.82 Å². The van der Waals surface area contributed by atoms with Gasteiger partial charge in [0, 0.05) is 5.56 Å². The van der Waals surface area contributed by atoms with Gasteiger partial charge in [0.05, 0.1) is 7.11 Å². The normalized spacial score (nSPS) is 9.53. The molecule has 0 saturated carbocycles. The first-order valence-corrected chi connectivity index (χ1v) is 4.81. The quantitative estimate of drug-likeness (QED) is 0.883. The van der Waals surface area contributed by atoms with Crippen LogP contribution < -0.4 is 10.5 Å². The van der Waals surface area contributed by atoms with Crippen LogP contribution in [-0.4, -0.2) is 22.1 Å². The zero-order valence-corrected chi connectivity index (χ0v) is 10.4. The topological polar surface area (TPSA) is 73.9 Å². The molecule has 2 N–H and O–H groups in total.